The molecule has 104 valence electrons. The molecule has 0 aliphatic carbocycles. The van der Waals surface area contributed by atoms with Gasteiger partial charge in [-0.25, -0.2) is 0 Å². The van der Waals surface area contributed by atoms with Crippen molar-refractivity contribution in [2.75, 3.05) is 5.73 Å². The molecule has 1 aromatic heterocycles. The highest BCUT2D eigenvalue weighted by atomic mass is 32.1. The Morgan fingerprint density at radius 2 is 1.76 bits per heavy atom. The molecule has 0 saturated heterocycles. The topological polar surface area (TPSA) is 63.5 Å². The summed E-state index contributed by atoms with van der Waals surface area (Å²) in [7, 11) is 0. The molecule has 3 N–H and O–H groups in total. The second-order valence-electron chi connectivity index (χ2n) is 4.49. The summed E-state index contributed by atoms with van der Waals surface area (Å²) in [5.74, 6) is 0. The van der Waals surface area contributed by atoms with Gasteiger partial charge in [0.1, 0.15) is 10.6 Å². The van der Waals surface area contributed by atoms with Gasteiger partial charge in [0.05, 0.1) is 0 Å². The summed E-state index contributed by atoms with van der Waals surface area (Å²) in [5.41, 5.74) is 11.3. The van der Waals surface area contributed by atoms with Gasteiger partial charge in [0.25, 0.3) is 0 Å². The second-order valence-corrected chi connectivity index (χ2v) is 4.89. The zero-order valence-corrected chi connectivity index (χ0v) is 11.9. The largest absolute Gasteiger partial charge is 0.437 e. The molecule has 3 rings (SSSR count). The number of hydrogen-bond acceptors (Lipinski definition) is 4. The first-order chi connectivity index (χ1) is 10.2. The van der Waals surface area contributed by atoms with Crippen molar-refractivity contribution < 1.29 is 4.42 Å². The molecule has 0 bridgehead atoms. The third-order valence-corrected chi connectivity index (χ3v) is 3.31. The number of benzene rings is 2. The summed E-state index contributed by atoms with van der Waals surface area (Å²) in [6, 6.07) is 18.8. The Morgan fingerprint density at radius 1 is 1.00 bits per heavy atom. The lowest BCUT2D eigenvalue weighted by Gasteiger charge is -2.03. The van der Waals surface area contributed by atoms with E-state index < -0.39 is 0 Å². The summed E-state index contributed by atoms with van der Waals surface area (Å²) in [4.78, 5) is 0.512. The smallest absolute Gasteiger partial charge is 0.236 e. The molecule has 3 aromatic rings. The molecule has 0 saturated carbocycles. The SMILES string of the molecule is Nc1ccc(C(=S)N/N=c2/ccc3ccccc3o2)cc1. The van der Waals surface area contributed by atoms with Crippen molar-refractivity contribution in [1.29, 1.82) is 0 Å². The van der Waals surface area contributed by atoms with Crippen LogP contribution in [0.2, 0.25) is 0 Å². The molecule has 21 heavy (non-hydrogen) atoms. The number of nitrogens with two attached hydrogens (primary N) is 1. The van der Waals surface area contributed by atoms with Crippen LogP contribution in [0, 0.1) is 0 Å². The summed E-state index contributed by atoms with van der Waals surface area (Å²) in [6.45, 7) is 0. The van der Waals surface area contributed by atoms with Crippen LogP contribution < -0.4 is 16.7 Å². The van der Waals surface area contributed by atoms with E-state index in [-0.39, 0.29) is 0 Å². The Labute approximate surface area is 126 Å². The fourth-order valence-corrected chi connectivity index (χ4v) is 2.07. The number of hydrogen-bond donors (Lipinski definition) is 2. The molecule has 0 fully saturated rings. The molecular formula is C16H13N3OS. The van der Waals surface area contributed by atoms with E-state index in [4.69, 9.17) is 22.4 Å². The highest BCUT2D eigenvalue weighted by Crippen LogP contribution is 2.09. The highest BCUT2D eigenvalue weighted by Gasteiger charge is 1.99. The number of rotatable bonds is 2. The van der Waals surface area contributed by atoms with Gasteiger partial charge in [-0.3, -0.25) is 5.43 Å². The van der Waals surface area contributed by atoms with E-state index in [1.807, 2.05) is 42.5 Å². The van der Waals surface area contributed by atoms with Crippen molar-refractivity contribution >= 4 is 33.9 Å². The minimum Gasteiger partial charge on any atom is -0.437 e. The van der Waals surface area contributed by atoms with Crippen LogP contribution >= 0.6 is 12.2 Å². The average Bonchev–Trinajstić information content (AvgIpc) is 2.53. The van der Waals surface area contributed by atoms with Crippen molar-refractivity contribution in [2.24, 2.45) is 5.10 Å². The first-order valence-corrected chi connectivity index (χ1v) is 6.82. The summed E-state index contributed by atoms with van der Waals surface area (Å²) in [5, 5.41) is 5.19. The lowest BCUT2D eigenvalue weighted by Crippen LogP contribution is -2.19. The fraction of sp³-hybridized carbons (Fsp3) is 0. The summed E-state index contributed by atoms with van der Waals surface area (Å²) >= 11 is 5.27. The second kappa shape index (κ2) is 5.76. The van der Waals surface area contributed by atoms with Crippen molar-refractivity contribution in [1.82, 2.24) is 5.43 Å². The van der Waals surface area contributed by atoms with Gasteiger partial charge in [-0.2, -0.15) is 0 Å². The first kappa shape index (κ1) is 13.3. The first-order valence-electron chi connectivity index (χ1n) is 6.41. The molecule has 0 aliphatic rings. The molecule has 0 aliphatic heterocycles. The number of nitrogens with one attached hydrogen (secondary N) is 1. The van der Waals surface area contributed by atoms with Gasteiger partial charge in [0.2, 0.25) is 5.55 Å². The minimum absolute atomic E-state index is 0.464. The van der Waals surface area contributed by atoms with Crippen LogP contribution in [0.25, 0.3) is 11.0 Å². The summed E-state index contributed by atoms with van der Waals surface area (Å²) < 4.78 is 5.66. The van der Waals surface area contributed by atoms with E-state index in [1.165, 1.54) is 0 Å². The predicted octanol–water partition coefficient (Wildman–Crippen LogP) is 2.80. The van der Waals surface area contributed by atoms with Gasteiger partial charge in [0.15, 0.2) is 0 Å². The maximum absolute atomic E-state index is 5.66. The van der Waals surface area contributed by atoms with E-state index in [0.29, 0.717) is 16.2 Å². The Bertz CT molecular complexity index is 853. The van der Waals surface area contributed by atoms with Crippen LogP contribution in [-0.2, 0) is 0 Å². The van der Waals surface area contributed by atoms with E-state index in [9.17, 15) is 0 Å². The number of anilines is 1. The van der Waals surface area contributed by atoms with E-state index in [1.54, 1.807) is 18.2 Å². The van der Waals surface area contributed by atoms with Crippen LogP contribution in [0.15, 0.2) is 70.2 Å². The normalized spacial score (nSPS) is 11.5. The third kappa shape index (κ3) is 3.09. The quantitative estimate of drug-likeness (QED) is 0.433. The van der Waals surface area contributed by atoms with Gasteiger partial charge >= 0.3 is 0 Å². The van der Waals surface area contributed by atoms with Gasteiger partial charge in [-0.15, -0.1) is 5.10 Å². The van der Waals surface area contributed by atoms with Crippen LogP contribution in [0.3, 0.4) is 0 Å². The third-order valence-electron chi connectivity index (χ3n) is 2.98. The molecule has 0 spiro atoms. The lowest BCUT2D eigenvalue weighted by molar-refractivity contribution is 0.531. The Balaban J connectivity index is 1.83. The molecule has 2 aromatic carbocycles. The standard InChI is InChI=1S/C16H13N3OS/c17-13-8-5-12(6-9-13)16(21)19-18-15-10-7-11-3-1-2-4-14(11)20-15/h1-10H,17H2,(H,19,21)/b18-15-. The zero-order chi connectivity index (χ0) is 14.7. The Morgan fingerprint density at radius 3 is 2.57 bits per heavy atom. The molecule has 1 heterocycles. The van der Waals surface area contributed by atoms with Crippen molar-refractivity contribution in [3.8, 4) is 0 Å². The monoisotopic (exact) mass is 295 g/mol. The number of nitrogens with zero attached hydrogens (tertiary/aromatic N) is 1. The fourth-order valence-electron chi connectivity index (χ4n) is 1.88. The number of thiocarbonyl (C=S) groups is 1. The molecule has 5 heteroatoms. The average molecular weight is 295 g/mol. The van der Waals surface area contributed by atoms with Crippen LogP contribution in [-0.4, -0.2) is 4.99 Å². The maximum atomic E-state index is 5.66. The lowest BCUT2D eigenvalue weighted by atomic mass is 10.2. The molecule has 0 amide bonds. The van der Waals surface area contributed by atoms with Crippen molar-refractivity contribution in [3.63, 3.8) is 0 Å². The maximum Gasteiger partial charge on any atom is 0.236 e. The van der Waals surface area contributed by atoms with Crippen molar-refractivity contribution in [2.45, 2.75) is 0 Å². The molecule has 4 nitrogen and oxygen atoms in total. The number of para-hydroxylation sites is 1. The van der Waals surface area contributed by atoms with Crippen molar-refractivity contribution in [3.05, 3.63) is 71.8 Å². The van der Waals surface area contributed by atoms with Gasteiger partial charge < -0.3 is 10.2 Å². The molecule has 0 unspecified atom stereocenters. The van der Waals surface area contributed by atoms with E-state index in [0.717, 1.165) is 16.5 Å². The zero-order valence-electron chi connectivity index (χ0n) is 11.1. The molecular weight excluding hydrogens is 282 g/mol. The van der Waals surface area contributed by atoms with Gasteiger partial charge in [-0.05, 0) is 36.4 Å². The van der Waals surface area contributed by atoms with E-state index >= 15 is 0 Å². The molecule has 0 atom stereocenters. The van der Waals surface area contributed by atoms with Crippen LogP contribution in [0.5, 0.6) is 0 Å². The predicted molar refractivity (Wildman–Crippen MR) is 87.5 cm³/mol. The van der Waals surface area contributed by atoms with E-state index in [2.05, 4.69) is 10.5 Å². The molecule has 0 radical (unpaired) electrons. The number of fused-ring (bicyclic) bond motifs is 1. The number of nitrogen functional groups attached to an aromatic ring is 1. The Hall–Kier alpha value is -2.66. The Kier molecular flexibility index (Phi) is 3.66. The van der Waals surface area contributed by atoms with Crippen LogP contribution in [0.1, 0.15) is 5.56 Å². The van der Waals surface area contributed by atoms with Gasteiger partial charge in [-0.1, -0.05) is 30.4 Å². The van der Waals surface area contributed by atoms with Crippen LogP contribution in [0.4, 0.5) is 5.69 Å². The van der Waals surface area contributed by atoms with Gasteiger partial charge in [0, 0.05) is 22.7 Å². The highest BCUT2D eigenvalue weighted by molar-refractivity contribution is 7.80. The minimum atomic E-state index is 0.464. The summed E-state index contributed by atoms with van der Waals surface area (Å²) in [6.07, 6.45) is 0.